The van der Waals surface area contributed by atoms with Crippen LogP contribution in [-0.4, -0.2) is 12.1 Å². The molecule has 0 aliphatic heterocycles. The fraction of sp³-hybridized carbons (Fsp3) is 0. The van der Waals surface area contributed by atoms with Crippen molar-refractivity contribution in [3.8, 4) is 0 Å². The molecular weight excluding hydrogens is 240 g/mol. The first kappa shape index (κ1) is 17.8. The van der Waals surface area contributed by atoms with Gasteiger partial charge in [-0.2, -0.15) is 11.0 Å². The Labute approximate surface area is 97.3 Å². The maximum atomic E-state index is 9.81. The molecule has 0 heterocycles. The summed E-state index contributed by atoms with van der Waals surface area (Å²) in [5.41, 5.74) is 12.1. The van der Waals surface area contributed by atoms with E-state index in [1.165, 1.54) is 0 Å². The van der Waals surface area contributed by atoms with Crippen molar-refractivity contribution < 1.29 is 63.0 Å². The molecule has 0 saturated heterocycles. The van der Waals surface area contributed by atoms with E-state index >= 15 is 0 Å². The molecule has 0 aromatic heterocycles. The van der Waals surface area contributed by atoms with Gasteiger partial charge in [-0.25, -0.2) is 9.59 Å². The van der Waals surface area contributed by atoms with Crippen molar-refractivity contribution in [2.45, 2.75) is 0 Å². The number of rotatable bonds is 3. The van der Waals surface area contributed by atoms with Gasteiger partial charge in [-0.3, -0.25) is 0 Å². The quantitative estimate of drug-likeness (QED) is 0.200. The molecular formula is C2H6N4O4Ti2. The molecule has 0 aliphatic carbocycles. The Hall–Kier alpha value is -0.111. The Morgan fingerprint density at radius 3 is 1.33 bits per heavy atom. The van der Waals surface area contributed by atoms with E-state index in [2.05, 4.69) is 21.4 Å². The van der Waals surface area contributed by atoms with Crippen molar-refractivity contribution in [3.63, 3.8) is 0 Å². The average molecular weight is 246 g/mol. The van der Waals surface area contributed by atoms with Gasteiger partial charge in [-0.1, -0.05) is 9.98 Å². The minimum atomic E-state index is -0.966. The average Bonchev–Trinajstić information content (AvgIpc) is 1.79. The predicted octanol–water partition coefficient (Wildman–Crippen LogP) is -1.90. The summed E-state index contributed by atoms with van der Waals surface area (Å²) < 4.78 is 0. The molecule has 8 nitrogen and oxygen atoms in total. The van der Waals surface area contributed by atoms with Crippen LogP contribution in [0.1, 0.15) is 0 Å². The van der Waals surface area contributed by atoms with E-state index in [1.54, 1.807) is 11.0 Å². The Morgan fingerprint density at radius 1 is 0.917 bits per heavy atom. The maximum Gasteiger partial charge on any atom is 0.338 e. The fourth-order valence-electron chi connectivity index (χ4n) is 0.124. The van der Waals surface area contributed by atoms with Crippen LogP contribution >= 0.6 is 0 Å². The second kappa shape index (κ2) is 10.9. The number of carbonyl (C=O) groups is 2. The van der Waals surface area contributed by atoms with E-state index in [4.69, 9.17) is 0 Å². The van der Waals surface area contributed by atoms with Gasteiger partial charge in [0.2, 0.25) is 0 Å². The van der Waals surface area contributed by atoms with E-state index in [0.29, 0.717) is 0 Å². The minimum absolute atomic E-state index is 0. The summed E-state index contributed by atoms with van der Waals surface area (Å²) in [6, 6.07) is -1.93. The molecule has 0 aromatic rings. The molecule has 6 N–H and O–H groups in total. The number of urea groups is 2. The number of hydrogen-bond donors (Lipinski definition) is 4. The van der Waals surface area contributed by atoms with Gasteiger partial charge in [0, 0.05) is 43.4 Å². The van der Waals surface area contributed by atoms with Gasteiger partial charge in [-0.05, 0) is 0 Å². The predicted molar refractivity (Wildman–Crippen MR) is 27.6 cm³/mol. The number of hydrogen-bond acceptors (Lipinski definition) is 4. The molecule has 4 amide bonds. The first-order valence-corrected chi connectivity index (χ1v) is 2.06. The van der Waals surface area contributed by atoms with E-state index in [0.717, 1.165) is 0 Å². The van der Waals surface area contributed by atoms with Crippen molar-refractivity contribution in [1.29, 1.82) is 0 Å². The normalized spacial score (nSPS) is 7.00. The molecule has 0 unspecified atom stereocenters. The largest absolute Gasteiger partial charge is 0.350 e. The summed E-state index contributed by atoms with van der Waals surface area (Å²) in [4.78, 5) is 27.2. The Balaban J connectivity index is -0.000000405. The summed E-state index contributed by atoms with van der Waals surface area (Å²) >= 11 is 0. The van der Waals surface area contributed by atoms with E-state index < -0.39 is 12.1 Å². The molecule has 0 bridgehead atoms. The Kier molecular flexibility index (Phi) is 16.2. The molecule has 0 fully saturated rings. The zero-order valence-corrected chi connectivity index (χ0v) is 8.91. The molecule has 0 rings (SSSR count). The first-order chi connectivity index (χ1) is 4.63. The van der Waals surface area contributed by atoms with Crippen LogP contribution in [0.5, 0.6) is 0 Å². The fourth-order valence-corrected chi connectivity index (χ4v) is 0.124. The third-order valence-electron chi connectivity index (χ3n) is 0.326. The van der Waals surface area contributed by atoms with Crippen LogP contribution in [-0.2, 0) is 53.4 Å². The first-order valence-electron chi connectivity index (χ1n) is 2.06. The van der Waals surface area contributed by atoms with E-state index in [-0.39, 0.29) is 43.4 Å². The molecule has 0 radical (unpaired) electrons. The smallest absolute Gasteiger partial charge is 0.338 e. The van der Waals surface area contributed by atoms with Gasteiger partial charge in [-0.15, -0.1) is 0 Å². The van der Waals surface area contributed by atoms with Crippen molar-refractivity contribution in [3.05, 3.63) is 0 Å². The summed E-state index contributed by atoms with van der Waals surface area (Å²) in [5.74, 6) is 0. The van der Waals surface area contributed by atoms with Gasteiger partial charge < -0.3 is 11.5 Å². The molecule has 0 aliphatic rings. The summed E-state index contributed by atoms with van der Waals surface area (Å²) in [6.45, 7) is 0. The van der Waals surface area contributed by atoms with E-state index in [1.807, 2.05) is 0 Å². The Bertz CT molecular complexity index is 127. The number of amides is 4. The van der Waals surface area contributed by atoms with Crippen LogP contribution in [0.4, 0.5) is 9.59 Å². The third-order valence-corrected chi connectivity index (χ3v) is 0.326. The van der Waals surface area contributed by atoms with Crippen LogP contribution < -0.4 is 22.4 Å². The molecule has 0 aromatic carbocycles. The van der Waals surface area contributed by atoms with Crippen LogP contribution in [0.2, 0.25) is 0 Å². The van der Waals surface area contributed by atoms with Gasteiger partial charge in [0.15, 0.2) is 0 Å². The van der Waals surface area contributed by atoms with Crippen molar-refractivity contribution in [2.24, 2.45) is 11.5 Å². The monoisotopic (exact) mass is 246 g/mol. The molecule has 66 valence electrons. The number of hydroxylamine groups is 2. The van der Waals surface area contributed by atoms with Crippen LogP contribution in [0.25, 0.3) is 0 Å². The summed E-state index contributed by atoms with van der Waals surface area (Å²) in [6.07, 6.45) is 0. The van der Waals surface area contributed by atoms with Gasteiger partial charge in [0.25, 0.3) is 0 Å². The topological polar surface area (TPSA) is 129 Å². The zero-order valence-electron chi connectivity index (χ0n) is 5.79. The Morgan fingerprint density at radius 2 is 1.17 bits per heavy atom. The standard InChI is InChI=1S/C2H6N4O4.2Ti/c3-1(7)5-9-10-6-2(4)8;;/h(H3,3,5,7)(H3,4,6,8);;. The van der Waals surface area contributed by atoms with Crippen LogP contribution in [0.15, 0.2) is 0 Å². The molecule has 0 atom stereocenters. The summed E-state index contributed by atoms with van der Waals surface area (Å²) in [5, 5.41) is 0. The van der Waals surface area contributed by atoms with Gasteiger partial charge in [0.1, 0.15) is 0 Å². The maximum absolute atomic E-state index is 9.81. The van der Waals surface area contributed by atoms with Crippen LogP contribution in [0, 0.1) is 0 Å². The van der Waals surface area contributed by atoms with Crippen molar-refractivity contribution in [1.82, 2.24) is 11.0 Å². The number of nitrogens with one attached hydrogen (secondary N) is 2. The summed E-state index contributed by atoms with van der Waals surface area (Å²) in [7, 11) is 0. The molecule has 0 spiro atoms. The van der Waals surface area contributed by atoms with Gasteiger partial charge in [0.05, 0.1) is 0 Å². The molecule has 12 heavy (non-hydrogen) atoms. The number of primary amides is 2. The van der Waals surface area contributed by atoms with Crippen molar-refractivity contribution >= 4 is 12.1 Å². The number of nitrogens with two attached hydrogens (primary N) is 2. The molecule has 0 saturated carbocycles. The van der Waals surface area contributed by atoms with Crippen molar-refractivity contribution in [2.75, 3.05) is 0 Å². The zero-order chi connectivity index (χ0) is 7.98. The SMILES string of the molecule is NC(=O)NOONC(N)=O.[Ti].[Ti]. The second-order valence-corrected chi connectivity index (χ2v) is 1.10. The third kappa shape index (κ3) is 16.5. The van der Waals surface area contributed by atoms with Crippen LogP contribution in [0.3, 0.4) is 0 Å². The number of carbonyl (C=O) groups excluding carboxylic acids is 2. The minimum Gasteiger partial charge on any atom is -0.350 e. The van der Waals surface area contributed by atoms with Gasteiger partial charge >= 0.3 is 12.1 Å². The second-order valence-electron chi connectivity index (χ2n) is 1.10. The van der Waals surface area contributed by atoms with E-state index in [9.17, 15) is 9.59 Å². The molecule has 10 heteroatoms.